The summed E-state index contributed by atoms with van der Waals surface area (Å²) < 4.78 is 0. The number of hydrogen-bond donors (Lipinski definition) is 3. The van der Waals surface area contributed by atoms with Crippen molar-refractivity contribution in [3.63, 3.8) is 0 Å². The van der Waals surface area contributed by atoms with Crippen LogP contribution in [0.4, 0.5) is 0 Å². The highest BCUT2D eigenvalue weighted by atomic mass is 16.3. The predicted octanol–water partition coefficient (Wildman–Crippen LogP) is -1.81. The molecular formula is C5H10N2O2. The summed E-state index contributed by atoms with van der Waals surface area (Å²) in [7, 11) is 0. The Kier molecular flexibility index (Phi) is 1.68. The van der Waals surface area contributed by atoms with Crippen molar-refractivity contribution in [3.8, 4) is 0 Å². The fourth-order valence-electron chi connectivity index (χ4n) is 0.934. The molecule has 1 fully saturated rings. The summed E-state index contributed by atoms with van der Waals surface area (Å²) in [5.41, 5.74) is 4.95. The molecule has 0 radical (unpaired) electrons. The van der Waals surface area contributed by atoms with Crippen LogP contribution in [-0.4, -0.2) is 29.7 Å². The van der Waals surface area contributed by atoms with E-state index < -0.39 is 6.10 Å². The van der Waals surface area contributed by atoms with E-state index in [1.165, 1.54) is 0 Å². The molecule has 0 aromatic carbocycles. The molecule has 52 valence electrons. The molecular weight excluding hydrogens is 120 g/mol. The van der Waals surface area contributed by atoms with Crippen LogP contribution in [0.1, 0.15) is 6.42 Å². The molecule has 0 aliphatic carbocycles. The highest BCUT2D eigenvalue weighted by Crippen LogP contribution is 2.04. The van der Waals surface area contributed by atoms with E-state index >= 15 is 0 Å². The van der Waals surface area contributed by atoms with Crippen molar-refractivity contribution < 1.29 is 9.90 Å². The zero-order chi connectivity index (χ0) is 6.85. The van der Waals surface area contributed by atoms with Gasteiger partial charge in [-0.15, -0.1) is 0 Å². The van der Waals surface area contributed by atoms with E-state index in [4.69, 9.17) is 10.8 Å². The van der Waals surface area contributed by atoms with Crippen LogP contribution in [0.3, 0.4) is 0 Å². The first kappa shape index (κ1) is 6.51. The fraction of sp³-hybridized carbons (Fsp3) is 0.800. The van der Waals surface area contributed by atoms with Crippen molar-refractivity contribution in [1.29, 1.82) is 0 Å². The number of carbonyl (C=O) groups excluding carboxylic acids is 1. The van der Waals surface area contributed by atoms with Crippen molar-refractivity contribution in [2.75, 3.05) is 6.54 Å². The lowest BCUT2D eigenvalue weighted by atomic mass is 10.2. The van der Waals surface area contributed by atoms with E-state index in [-0.39, 0.29) is 11.9 Å². The molecule has 1 unspecified atom stereocenters. The van der Waals surface area contributed by atoms with Gasteiger partial charge < -0.3 is 16.2 Å². The van der Waals surface area contributed by atoms with Gasteiger partial charge in [-0.3, -0.25) is 4.79 Å². The van der Waals surface area contributed by atoms with Crippen LogP contribution in [0.5, 0.6) is 0 Å². The summed E-state index contributed by atoms with van der Waals surface area (Å²) in [5.74, 6) is -0.383. The number of aliphatic hydroxyl groups is 1. The van der Waals surface area contributed by atoms with Crippen LogP contribution in [0.15, 0.2) is 0 Å². The van der Waals surface area contributed by atoms with Crippen LogP contribution >= 0.6 is 0 Å². The number of amides is 1. The molecule has 2 atom stereocenters. The Hall–Kier alpha value is -0.610. The summed E-state index contributed by atoms with van der Waals surface area (Å²) >= 11 is 0. The minimum atomic E-state index is -0.400. The van der Waals surface area contributed by atoms with Crippen LogP contribution < -0.4 is 11.1 Å². The second kappa shape index (κ2) is 2.33. The fourth-order valence-corrected chi connectivity index (χ4v) is 0.934. The Morgan fingerprint density at radius 1 is 1.78 bits per heavy atom. The van der Waals surface area contributed by atoms with Gasteiger partial charge in [0.15, 0.2) is 0 Å². The third kappa shape index (κ3) is 1.40. The maximum atomic E-state index is 10.4. The lowest BCUT2D eigenvalue weighted by molar-refractivity contribution is -0.119. The Labute approximate surface area is 53.0 Å². The molecule has 4 nitrogen and oxygen atoms in total. The zero-order valence-electron chi connectivity index (χ0n) is 5.00. The van der Waals surface area contributed by atoms with Gasteiger partial charge in [-0.2, -0.15) is 0 Å². The number of carbonyl (C=O) groups is 1. The van der Waals surface area contributed by atoms with E-state index in [1.54, 1.807) is 0 Å². The van der Waals surface area contributed by atoms with Gasteiger partial charge in [-0.05, 0) is 6.42 Å². The second-order valence-electron chi connectivity index (χ2n) is 2.25. The zero-order valence-corrected chi connectivity index (χ0v) is 5.00. The average Bonchev–Trinajstić information content (AvgIpc) is 2.14. The molecule has 0 spiro atoms. The van der Waals surface area contributed by atoms with Gasteiger partial charge in [0, 0.05) is 6.54 Å². The first-order valence-corrected chi connectivity index (χ1v) is 2.91. The number of aliphatic hydroxyl groups excluding tert-OH is 1. The Balaban J connectivity index is 2.39. The van der Waals surface area contributed by atoms with E-state index in [0.717, 1.165) is 0 Å². The van der Waals surface area contributed by atoms with Gasteiger partial charge in [0.2, 0.25) is 5.91 Å². The topological polar surface area (TPSA) is 75.4 Å². The van der Waals surface area contributed by atoms with Crippen molar-refractivity contribution in [2.24, 2.45) is 5.73 Å². The highest BCUT2D eigenvalue weighted by Gasteiger charge is 2.25. The maximum absolute atomic E-state index is 10.4. The summed E-state index contributed by atoms with van der Waals surface area (Å²) in [6.45, 7) is 0.480. The Morgan fingerprint density at radius 3 is 2.67 bits per heavy atom. The van der Waals surface area contributed by atoms with Crippen molar-refractivity contribution in [2.45, 2.75) is 18.6 Å². The van der Waals surface area contributed by atoms with Crippen molar-refractivity contribution in [1.82, 2.24) is 5.32 Å². The number of rotatable bonds is 1. The van der Waals surface area contributed by atoms with E-state index in [2.05, 4.69) is 5.32 Å². The van der Waals surface area contributed by atoms with Crippen molar-refractivity contribution >= 4 is 5.91 Å². The van der Waals surface area contributed by atoms with E-state index in [0.29, 0.717) is 13.0 Å². The van der Waals surface area contributed by atoms with Gasteiger partial charge in [-0.1, -0.05) is 0 Å². The molecule has 4 heteroatoms. The van der Waals surface area contributed by atoms with Crippen LogP contribution in [0, 0.1) is 0 Å². The normalized spacial score (nSPS) is 34.8. The largest absolute Gasteiger partial charge is 0.392 e. The molecule has 1 heterocycles. The SMILES string of the molecule is NC(=O)C1C[C@@H](O)CN1. The van der Waals surface area contributed by atoms with Crippen LogP contribution in [-0.2, 0) is 4.79 Å². The average molecular weight is 130 g/mol. The smallest absolute Gasteiger partial charge is 0.234 e. The molecule has 1 rings (SSSR count). The first-order chi connectivity index (χ1) is 4.20. The Morgan fingerprint density at radius 2 is 2.44 bits per heavy atom. The monoisotopic (exact) mass is 130 g/mol. The lowest BCUT2D eigenvalue weighted by Crippen LogP contribution is -2.36. The molecule has 1 aliphatic rings. The van der Waals surface area contributed by atoms with Gasteiger partial charge >= 0.3 is 0 Å². The van der Waals surface area contributed by atoms with Crippen molar-refractivity contribution in [3.05, 3.63) is 0 Å². The summed E-state index contributed by atoms with van der Waals surface area (Å²) in [5, 5.41) is 11.7. The van der Waals surface area contributed by atoms with E-state index in [9.17, 15) is 4.79 Å². The maximum Gasteiger partial charge on any atom is 0.234 e. The predicted molar refractivity (Wildman–Crippen MR) is 31.6 cm³/mol. The standard InChI is InChI=1S/C5H10N2O2/c6-5(9)4-1-3(8)2-7-4/h3-4,7-8H,1-2H2,(H2,6,9)/t3-,4?/m1/s1. The number of nitrogens with two attached hydrogens (primary N) is 1. The third-order valence-electron chi connectivity index (χ3n) is 1.45. The first-order valence-electron chi connectivity index (χ1n) is 2.91. The van der Waals surface area contributed by atoms with Gasteiger partial charge in [0.25, 0.3) is 0 Å². The number of β-amino-alcohol motifs (C(OH)–C–C–N with tert-alkyl or cyclic N) is 1. The molecule has 1 amide bonds. The molecule has 9 heavy (non-hydrogen) atoms. The molecule has 4 N–H and O–H groups in total. The second-order valence-corrected chi connectivity index (χ2v) is 2.25. The van der Waals surface area contributed by atoms with Gasteiger partial charge in [0.1, 0.15) is 0 Å². The molecule has 0 aromatic heterocycles. The minimum Gasteiger partial charge on any atom is -0.392 e. The summed E-state index contributed by atoms with van der Waals surface area (Å²) in [4.78, 5) is 10.4. The minimum absolute atomic E-state index is 0.319. The number of nitrogens with one attached hydrogen (secondary N) is 1. The van der Waals surface area contributed by atoms with Crippen LogP contribution in [0.25, 0.3) is 0 Å². The molecule has 0 saturated carbocycles. The summed E-state index contributed by atoms with van der Waals surface area (Å²) in [6.07, 6.45) is 0.0532. The lowest BCUT2D eigenvalue weighted by Gasteiger charge is -2.01. The molecule has 0 bridgehead atoms. The third-order valence-corrected chi connectivity index (χ3v) is 1.45. The Bertz CT molecular complexity index is 126. The highest BCUT2D eigenvalue weighted by molar-refractivity contribution is 5.80. The van der Waals surface area contributed by atoms with E-state index in [1.807, 2.05) is 0 Å². The van der Waals surface area contributed by atoms with Crippen LogP contribution in [0.2, 0.25) is 0 Å². The van der Waals surface area contributed by atoms with Gasteiger partial charge in [-0.25, -0.2) is 0 Å². The molecule has 1 saturated heterocycles. The molecule has 1 aliphatic heterocycles. The quantitative estimate of drug-likeness (QED) is 0.392. The number of hydrogen-bond acceptors (Lipinski definition) is 3. The molecule has 0 aromatic rings. The van der Waals surface area contributed by atoms with Gasteiger partial charge in [0.05, 0.1) is 12.1 Å². The summed E-state index contributed by atoms with van der Waals surface area (Å²) in [6, 6.07) is -0.319. The number of primary amides is 1.